The molecule has 2 rings (SSSR count). The molecule has 13 nitrogen and oxygen atoms in total. The van der Waals surface area contributed by atoms with Crippen molar-refractivity contribution in [2.45, 2.75) is 25.9 Å². The number of amides is 2. The molecular formula is C15H19N5O8S2. The van der Waals surface area contributed by atoms with Crippen LogP contribution in [0.1, 0.15) is 19.5 Å². The van der Waals surface area contributed by atoms with Gasteiger partial charge in [0.05, 0.1) is 6.61 Å². The molecule has 30 heavy (non-hydrogen) atoms. The number of rotatable bonds is 8. The van der Waals surface area contributed by atoms with Crippen LogP contribution in [0.15, 0.2) is 22.2 Å². The lowest BCUT2D eigenvalue weighted by atomic mass is 9.91. The number of oxime groups is 1. The number of nitrogens with one attached hydrogen (secondary N) is 1. The zero-order chi connectivity index (χ0) is 22.6. The van der Waals surface area contributed by atoms with Gasteiger partial charge >= 0.3 is 16.3 Å². The Kier molecular flexibility index (Phi) is 7.12. The van der Waals surface area contributed by atoms with Gasteiger partial charge in [0.1, 0.15) is 24.9 Å². The van der Waals surface area contributed by atoms with Crippen LogP contribution in [0.5, 0.6) is 0 Å². The fourth-order valence-electron chi connectivity index (χ4n) is 2.67. The van der Waals surface area contributed by atoms with Gasteiger partial charge in [0.2, 0.25) is 0 Å². The number of carbonyl (C=O) groups excluding carboxylic acids is 3. The summed E-state index contributed by atoms with van der Waals surface area (Å²) >= 11 is 1.04. The minimum absolute atomic E-state index is 0.0547. The van der Waals surface area contributed by atoms with Crippen molar-refractivity contribution < 1.29 is 36.9 Å². The van der Waals surface area contributed by atoms with Crippen LogP contribution in [0.4, 0.5) is 5.13 Å². The maximum atomic E-state index is 12.6. The molecule has 4 N–H and O–H groups in total. The van der Waals surface area contributed by atoms with Crippen LogP contribution < -0.4 is 11.1 Å². The van der Waals surface area contributed by atoms with E-state index >= 15 is 0 Å². The molecule has 1 aromatic rings. The molecule has 15 heteroatoms. The van der Waals surface area contributed by atoms with E-state index in [1.165, 1.54) is 19.4 Å². The highest BCUT2D eigenvalue weighted by Gasteiger charge is 2.55. The van der Waals surface area contributed by atoms with E-state index in [2.05, 4.69) is 20.3 Å². The largest absolute Gasteiger partial charge is 0.463 e. The second kappa shape index (κ2) is 9.19. The molecule has 2 heterocycles. The Balaban J connectivity index is 2.33. The molecule has 164 valence electrons. The van der Waals surface area contributed by atoms with Crippen molar-refractivity contribution >= 4 is 50.3 Å². The molecule has 0 aliphatic carbocycles. The van der Waals surface area contributed by atoms with Crippen LogP contribution in [0.3, 0.4) is 0 Å². The number of ether oxygens (including phenoxy) is 1. The zero-order valence-corrected chi connectivity index (χ0v) is 17.7. The number of esters is 1. The van der Waals surface area contributed by atoms with Crippen LogP contribution in [-0.4, -0.2) is 71.6 Å². The smallest absolute Gasteiger partial charge is 0.362 e. The Hall–Kier alpha value is -3.04. The van der Waals surface area contributed by atoms with Crippen molar-refractivity contribution in [3.63, 3.8) is 0 Å². The Morgan fingerprint density at radius 1 is 1.50 bits per heavy atom. The molecule has 0 radical (unpaired) electrons. The molecule has 0 spiro atoms. The van der Waals surface area contributed by atoms with Crippen LogP contribution in [0.2, 0.25) is 0 Å². The third-order valence-corrected chi connectivity index (χ3v) is 5.43. The third kappa shape index (κ3) is 4.92. The molecule has 1 fully saturated rings. The van der Waals surface area contributed by atoms with E-state index in [-0.39, 0.29) is 33.0 Å². The van der Waals surface area contributed by atoms with Crippen molar-refractivity contribution in [3.05, 3.63) is 22.7 Å². The minimum atomic E-state index is -4.95. The van der Waals surface area contributed by atoms with E-state index in [4.69, 9.17) is 10.5 Å². The summed E-state index contributed by atoms with van der Waals surface area (Å²) in [5.41, 5.74) is 5.36. The normalized spacial score (nSPS) is 19.9. The number of carbonyl (C=O) groups is 3. The first-order valence-corrected chi connectivity index (χ1v) is 10.6. The van der Waals surface area contributed by atoms with Gasteiger partial charge < -0.3 is 20.6 Å². The summed E-state index contributed by atoms with van der Waals surface area (Å²) in [6.45, 7) is 2.99. The predicted molar refractivity (Wildman–Crippen MR) is 105 cm³/mol. The highest BCUT2D eigenvalue weighted by Crippen LogP contribution is 2.29. The first-order valence-electron chi connectivity index (χ1n) is 8.30. The second-order valence-electron chi connectivity index (χ2n) is 5.84. The third-order valence-electron chi connectivity index (χ3n) is 3.85. The molecule has 1 aliphatic heterocycles. The van der Waals surface area contributed by atoms with Gasteiger partial charge in [-0.05, 0) is 19.4 Å². The summed E-state index contributed by atoms with van der Waals surface area (Å²) in [6, 6.07) is -2.77. The number of nitrogens with zero attached hydrogens (tertiary/aromatic N) is 3. The standard InChI is InChI=1S/C15H19N5O8S2/c1-4-28-9(21)5-7(2)12-11(14(23)20(12)30(24,25)26)18-13(22)10(19-27-3)8-6-29-15(16)17-8/h5-6,11-12H,4H2,1-3H3,(H2,16,17)(H,18,22)(H,24,25,26)/t11-,12+/m1/s1. The predicted octanol–water partition coefficient (Wildman–Crippen LogP) is -0.916. The number of hydrogen-bond donors (Lipinski definition) is 3. The lowest BCUT2D eigenvalue weighted by Crippen LogP contribution is -2.72. The van der Waals surface area contributed by atoms with Crippen LogP contribution >= 0.6 is 11.3 Å². The molecule has 0 saturated carbocycles. The van der Waals surface area contributed by atoms with Crippen molar-refractivity contribution in [2.75, 3.05) is 19.5 Å². The average Bonchev–Trinajstić information content (AvgIpc) is 3.06. The first-order chi connectivity index (χ1) is 14.0. The van der Waals surface area contributed by atoms with Gasteiger partial charge in [-0.2, -0.15) is 8.42 Å². The number of aromatic nitrogens is 1. The summed E-state index contributed by atoms with van der Waals surface area (Å²) in [4.78, 5) is 45.2. The van der Waals surface area contributed by atoms with E-state index in [1.807, 2.05) is 0 Å². The van der Waals surface area contributed by atoms with Gasteiger partial charge in [0.25, 0.3) is 11.8 Å². The lowest BCUT2D eigenvalue weighted by Gasteiger charge is -2.44. The molecule has 1 aromatic heterocycles. The van der Waals surface area contributed by atoms with Crippen molar-refractivity contribution in [3.8, 4) is 0 Å². The highest BCUT2D eigenvalue weighted by molar-refractivity contribution is 7.84. The maximum Gasteiger partial charge on any atom is 0.362 e. The Labute approximate surface area is 175 Å². The quantitative estimate of drug-likeness (QED) is 0.109. The Morgan fingerprint density at radius 3 is 2.67 bits per heavy atom. The monoisotopic (exact) mass is 461 g/mol. The SMILES string of the molecule is CCOC(=O)C=C(C)[C@H]1[C@@H](NC(=O)C(=NOC)c2csc(N)n2)C(=O)N1S(=O)(=O)O. The lowest BCUT2D eigenvalue weighted by molar-refractivity contribution is -0.143. The van der Waals surface area contributed by atoms with Crippen LogP contribution in [0, 0.1) is 0 Å². The molecule has 2 amide bonds. The Morgan fingerprint density at radius 2 is 2.17 bits per heavy atom. The summed E-state index contributed by atoms with van der Waals surface area (Å²) in [5, 5.41) is 7.47. The van der Waals surface area contributed by atoms with Crippen molar-refractivity contribution in [1.29, 1.82) is 0 Å². The second-order valence-corrected chi connectivity index (χ2v) is 8.02. The molecule has 0 aromatic carbocycles. The fraction of sp³-hybridized carbons (Fsp3) is 0.400. The van der Waals surface area contributed by atoms with Gasteiger partial charge in [-0.15, -0.1) is 11.3 Å². The van der Waals surface area contributed by atoms with Crippen LogP contribution in [0.25, 0.3) is 0 Å². The minimum Gasteiger partial charge on any atom is -0.463 e. The number of anilines is 1. The first kappa shape index (κ1) is 23.2. The number of β-lactam (4-membered cyclic amide) rings is 1. The van der Waals surface area contributed by atoms with Gasteiger partial charge in [-0.25, -0.2) is 14.1 Å². The van der Waals surface area contributed by atoms with Crippen LogP contribution in [-0.2, 0) is 34.3 Å². The molecule has 0 unspecified atom stereocenters. The van der Waals surface area contributed by atoms with Gasteiger partial charge in [-0.3, -0.25) is 14.1 Å². The summed E-state index contributed by atoms with van der Waals surface area (Å²) in [7, 11) is -3.76. The molecule has 0 bridgehead atoms. The number of thiazole rings is 1. The average molecular weight is 461 g/mol. The number of nitrogens with two attached hydrogens (primary N) is 1. The molecular weight excluding hydrogens is 442 g/mol. The van der Waals surface area contributed by atoms with Gasteiger partial charge in [0, 0.05) is 11.5 Å². The number of hydrogen-bond acceptors (Lipinski definition) is 11. The number of nitrogen functional groups attached to an aromatic ring is 1. The Bertz CT molecular complexity index is 1020. The topological polar surface area (TPSA) is 191 Å². The van der Waals surface area contributed by atoms with E-state index in [1.54, 1.807) is 6.92 Å². The van der Waals surface area contributed by atoms with E-state index < -0.39 is 40.2 Å². The van der Waals surface area contributed by atoms with Gasteiger partial charge in [0.15, 0.2) is 10.8 Å². The molecule has 1 saturated heterocycles. The summed E-state index contributed by atoms with van der Waals surface area (Å²) in [5.74, 6) is -2.80. The highest BCUT2D eigenvalue weighted by atomic mass is 32.2. The van der Waals surface area contributed by atoms with Crippen molar-refractivity contribution in [2.24, 2.45) is 5.16 Å². The van der Waals surface area contributed by atoms with Crippen molar-refractivity contribution in [1.82, 2.24) is 14.6 Å². The summed E-state index contributed by atoms with van der Waals surface area (Å²) < 4.78 is 37.4. The van der Waals surface area contributed by atoms with Gasteiger partial charge in [-0.1, -0.05) is 5.16 Å². The summed E-state index contributed by atoms with van der Waals surface area (Å²) in [6.07, 6.45) is 0.962. The molecule has 2 atom stereocenters. The zero-order valence-electron chi connectivity index (χ0n) is 16.1. The van der Waals surface area contributed by atoms with E-state index in [0.29, 0.717) is 0 Å². The van der Waals surface area contributed by atoms with E-state index in [0.717, 1.165) is 17.4 Å². The molecule has 1 aliphatic rings. The fourth-order valence-corrected chi connectivity index (χ4v) is 4.13. The maximum absolute atomic E-state index is 12.6. The van der Waals surface area contributed by atoms with E-state index in [9.17, 15) is 27.4 Å².